The molecule has 1 atom stereocenters. The maximum Gasteiger partial charge on any atom is 0.314 e. The highest BCUT2D eigenvalue weighted by molar-refractivity contribution is 7.92. The van der Waals surface area contributed by atoms with Crippen LogP contribution in [0.2, 0.25) is 0 Å². The summed E-state index contributed by atoms with van der Waals surface area (Å²) in [6.45, 7) is 6.21. The van der Waals surface area contributed by atoms with E-state index in [4.69, 9.17) is 0 Å². The van der Waals surface area contributed by atoms with Crippen molar-refractivity contribution in [2.75, 3.05) is 13.1 Å². The molecule has 2 aromatic rings. The van der Waals surface area contributed by atoms with Gasteiger partial charge in [-0.2, -0.15) is 0 Å². The van der Waals surface area contributed by atoms with Crippen molar-refractivity contribution >= 4 is 27.2 Å². The van der Waals surface area contributed by atoms with Crippen LogP contribution in [0.3, 0.4) is 0 Å². The van der Waals surface area contributed by atoms with E-state index in [1.54, 1.807) is 19.1 Å². The molecule has 0 radical (unpaired) electrons. The van der Waals surface area contributed by atoms with E-state index in [0.717, 1.165) is 16.9 Å². The minimum absolute atomic E-state index is 0.0335. The molecular formula is C18H24N2O3S2. The van der Waals surface area contributed by atoms with Crippen molar-refractivity contribution in [3.8, 4) is 0 Å². The Balaban J connectivity index is 2.32. The molecule has 1 aromatic carbocycles. The molecule has 2 N–H and O–H groups in total. The highest BCUT2D eigenvalue weighted by atomic mass is 32.2. The zero-order valence-corrected chi connectivity index (χ0v) is 16.3. The van der Waals surface area contributed by atoms with Crippen LogP contribution in [0, 0.1) is 13.8 Å². The summed E-state index contributed by atoms with van der Waals surface area (Å²) < 4.78 is 26.5. The minimum atomic E-state index is -3.63. The predicted octanol–water partition coefficient (Wildman–Crippen LogP) is 3.59. The summed E-state index contributed by atoms with van der Waals surface area (Å²) in [5.41, 5.74) is 1.60. The number of urea groups is 1. The molecule has 0 aliphatic rings. The van der Waals surface area contributed by atoms with Gasteiger partial charge < -0.3 is 10.6 Å². The van der Waals surface area contributed by atoms with Gasteiger partial charge in [0.05, 0.1) is 4.90 Å². The molecule has 1 aromatic heterocycles. The highest BCUT2D eigenvalue weighted by Gasteiger charge is 2.31. The molecule has 5 nitrogen and oxygen atoms in total. The molecule has 0 spiro atoms. The van der Waals surface area contributed by atoms with Gasteiger partial charge in [0.15, 0.2) is 9.84 Å². The molecular weight excluding hydrogens is 356 g/mol. The molecule has 2 rings (SSSR count). The largest absolute Gasteiger partial charge is 0.338 e. The summed E-state index contributed by atoms with van der Waals surface area (Å²) in [4.78, 5) is 12.9. The number of sulfone groups is 1. The van der Waals surface area contributed by atoms with Crippen LogP contribution in [0.1, 0.15) is 34.6 Å². The molecule has 0 aliphatic heterocycles. The van der Waals surface area contributed by atoms with E-state index < -0.39 is 15.1 Å². The van der Waals surface area contributed by atoms with Crippen molar-refractivity contribution < 1.29 is 13.2 Å². The summed E-state index contributed by atoms with van der Waals surface area (Å²) in [6.07, 6.45) is 0.822. The molecule has 0 saturated carbocycles. The second kappa shape index (κ2) is 8.49. The summed E-state index contributed by atoms with van der Waals surface area (Å²) in [6, 6.07) is 8.68. The van der Waals surface area contributed by atoms with Gasteiger partial charge in [0.1, 0.15) is 5.25 Å². The first-order valence-electron chi connectivity index (χ1n) is 8.22. The number of carbonyl (C=O) groups excluding carboxylic acids is 1. The third-order valence-corrected chi connectivity index (χ3v) is 7.23. The van der Waals surface area contributed by atoms with E-state index in [1.807, 2.05) is 37.4 Å². The van der Waals surface area contributed by atoms with Crippen molar-refractivity contribution in [1.29, 1.82) is 0 Å². The van der Waals surface area contributed by atoms with Gasteiger partial charge in [-0.15, -0.1) is 11.3 Å². The van der Waals surface area contributed by atoms with Gasteiger partial charge in [-0.05, 0) is 48.9 Å². The lowest BCUT2D eigenvalue weighted by Gasteiger charge is -2.19. The monoisotopic (exact) mass is 380 g/mol. The van der Waals surface area contributed by atoms with Gasteiger partial charge in [0.2, 0.25) is 0 Å². The van der Waals surface area contributed by atoms with Gasteiger partial charge in [0, 0.05) is 18.0 Å². The lowest BCUT2D eigenvalue weighted by atomic mass is 10.2. The normalized spacial score (nSPS) is 12.6. The van der Waals surface area contributed by atoms with E-state index in [1.165, 1.54) is 11.3 Å². The van der Waals surface area contributed by atoms with E-state index in [0.29, 0.717) is 17.0 Å². The van der Waals surface area contributed by atoms with Crippen molar-refractivity contribution in [3.05, 3.63) is 51.7 Å². The van der Waals surface area contributed by atoms with Crippen LogP contribution in [-0.4, -0.2) is 27.5 Å². The Morgan fingerprint density at radius 2 is 1.96 bits per heavy atom. The first-order valence-corrected chi connectivity index (χ1v) is 10.6. The predicted molar refractivity (Wildman–Crippen MR) is 102 cm³/mol. The Morgan fingerprint density at radius 1 is 1.20 bits per heavy atom. The topological polar surface area (TPSA) is 75.3 Å². The number of hydrogen-bond acceptors (Lipinski definition) is 4. The Kier molecular flexibility index (Phi) is 6.61. The van der Waals surface area contributed by atoms with Crippen LogP contribution in [-0.2, 0) is 9.84 Å². The standard InChI is InChI=1S/C18H24N2O3S2/c1-4-9-19-18(21)20-12-17(15-6-5-10-24-15)25(22,23)16-11-13(2)7-8-14(16)3/h5-8,10-11,17H,4,9,12H2,1-3H3,(H2,19,20,21)/t17-/m1/s1. The van der Waals surface area contributed by atoms with Crippen molar-refractivity contribution in [3.63, 3.8) is 0 Å². The SMILES string of the molecule is CCCNC(=O)NC[C@H](c1cccs1)S(=O)(=O)c1cc(C)ccc1C. The molecule has 2 amide bonds. The maximum atomic E-state index is 13.3. The van der Waals surface area contributed by atoms with Gasteiger partial charge in [-0.25, -0.2) is 13.2 Å². The Hall–Kier alpha value is -1.86. The smallest absolute Gasteiger partial charge is 0.314 e. The number of thiophene rings is 1. The Bertz CT molecular complexity index is 815. The van der Waals surface area contributed by atoms with Crippen molar-refractivity contribution in [1.82, 2.24) is 10.6 Å². The third-order valence-electron chi connectivity index (χ3n) is 3.87. The second-order valence-electron chi connectivity index (χ2n) is 5.95. The molecule has 0 fully saturated rings. The first kappa shape index (κ1) is 19.5. The molecule has 0 unspecified atom stereocenters. The van der Waals surface area contributed by atoms with E-state index in [9.17, 15) is 13.2 Å². The third kappa shape index (κ3) is 4.83. The average molecular weight is 381 g/mol. The lowest BCUT2D eigenvalue weighted by Crippen LogP contribution is -2.39. The molecule has 25 heavy (non-hydrogen) atoms. The summed E-state index contributed by atoms with van der Waals surface area (Å²) in [5, 5.41) is 6.44. The first-order chi connectivity index (χ1) is 11.9. The molecule has 7 heteroatoms. The fraction of sp³-hybridized carbons (Fsp3) is 0.389. The van der Waals surface area contributed by atoms with Crippen LogP contribution in [0.4, 0.5) is 4.79 Å². The quantitative estimate of drug-likeness (QED) is 0.771. The van der Waals surface area contributed by atoms with Crippen LogP contribution < -0.4 is 10.6 Å². The summed E-state index contributed by atoms with van der Waals surface area (Å²) in [5.74, 6) is 0. The molecule has 0 saturated heterocycles. The zero-order valence-electron chi connectivity index (χ0n) is 14.7. The highest BCUT2D eigenvalue weighted by Crippen LogP contribution is 2.33. The van der Waals surface area contributed by atoms with Crippen LogP contribution in [0.5, 0.6) is 0 Å². The molecule has 0 aliphatic carbocycles. The fourth-order valence-corrected chi connectivity index (χ4v) is 5.61. The van der Waals surface area contributed by atoms with E-state index in [2.05, 4.69) is 10.6 Å². The number of carbonyl (C=O) groups is 1. The van der Waals surface area contributed by atoms with Crippen LogP contribution in [0.25, 0.3) is 0 Å². The summed E-state index contributed by atoms with van der Waals surface area (Å²) >= 11 is 1.38. The number of aryl methyl sites for hydroxylation is 2. The maximum absolute atomic E-state index is 13.3. The Labute approximate surface area is 153 Å². The zero-order chi connectivity index (χ0) is 18.4. The minimum Gasteiger partial charge on any atom is -0.338 e. The van der Waals surface area contributed by atoms with Gasteiger partial charge in [0.25, 0.3) is 0 Å². The number of nitrogens with one attached hydrogen (secondary N) is 2. The molecule has 136 valence electrons. The van der Waals surface area contributed by atoms with E-state index >= 15 is 0 Å². The number of rotatable bonds is 7. The fourth-order valence-electron chi connectivity index (χ4n) is 2.49. The van der Waals surface area contributed by atoms with Crippen LogP contribution in [0.15, 0.2) is 40.6 Å². The van der Waals surface area contributed by atoms with E-state index in [-0.39, 0.29) is 12.6 Å². The van der Waals surface area contributed by atoms with Crippen molar-refractivity contribution in [2.24, 2.45) is 0 Å². The van der Waals surface area contributed by atoms with Gasteiger partial charge >= 0.3 is 6.03 Å². The Morgan fingerprint density at radius 3 is 2.60 bits per heavy atom. The van der Waals surface area contributed by atoms with Crippen molar-refractivity contribution in [2.45, 2.75) is 37.3 Å². The average Bonchev–Trinajstić information content (AvgIpc) is 3.09. The summed E-state index contributed by atoms with van der Waals surface area (Å²) in [7, 11) is -3.63. The van der Waals surface area contributed by atoms with Crippen LogP contribution >= 0.6 is 11.3 Å². The number of amides is 2. The lowest BCUT2D eigenvalue weighted by molar-refractivity contribution is 0.241. The number of benzene rings is 1. The van der Waals surface area contributed by atoms with Gasteiger partial charge in [-0.1, -0.05) is 25.1 Å². The molecule has 0 bridgehead atoms. The molecule has 1 heterocycles. The number of hydrogen-bond donors (Lipinski definition) is 2. The van der Waals surface area contributed by atoms with Gasteiger partial charge in [-0.3, -0.25) is 0 Å². The second-order valence-corrected chi connectivity index (χ2v) is 9.03.